The van der Waals surface area contributed by atoms with E-state index in [-0.39, 0.29) is 17.7 Å². The Kier molecular flexibility index (Phi) is 4.31. The Morgan fingerprint density at radius 1 is 1.17 bits per heavy atom. The Morgan fingerprint density at radius 2 is 1.72 bits per heavy atom. The van der Waals surface area contributed by atoms with Crippen LogP contribution in [0.4, 0.5) is 4.79 Å². The fourth-order valence-corrected chi connectivity index (χ4v) is 2.44. The predicted octanol–water partition coefficient (Wildman–Crippen LogP) is 2.94. The first-order chi connectivity index (χ1) is 8.02. The van der Waals surface area contributed by atoms with Crippen molar-refractivity contribution >= 4 is 6.09 Å². The third-order valence-electron chi connectivity index (χ3n) is 3.09. The van der Waals surface area contributed by atoms with Crippen molar-refractivity contribution in [3.8, 4) is 0 Å². The average molecular weight is 257 g/mol. The van der Waals surface area contributed by atoms with E-state index in [1.165, 1.54) is 0 Å². The zero-order valence-electron chi connectivity index (χ0n) is 12.5. The van der Waals surface area contributed by atoms with Crippen molar-refractivity contribution in [2.75, 3.05) is 0 Å². The largest absolute Gasteiger partial charge is 0.444 e. The SMILES string of the molecule is CC(C)(C)OC(=O)N([C@@H]1CCC[C@H]1O)C(C)(C)C. The van der Waals surface area contributed by atoms with E-state index >= 15 is 0 Å². The summed E-state index contributed by atoms with van der Waals surface area (Å²) in [7, 11) is 0. The molecule has 0 bridgehead atoms. The maximum Gasteiger partial charge on any atom is 0.411 e. The molecule has 1 N–H and O–H groups in total. The Hall–Kier alpha value is -0.770. The zero-order chi connectivity index (χ0) is 14.1. The molecule has 0 heterocycles. The second-order valence-electron chi connectivity index (χ2n) is 7.09. The van der Waals surface area contributed by atoms with Crippen LogP contribution in [-0.2, 0) is 4.74 Å². The molecule has 1 rings (SSSR count). The van der Waals surface area contributed by atoms with Gasteiger partial charge in [0, 0.05) is 5.54 Å². The first kappa shape index (κ1) is 15.3. The van der Waals surface area contributed by atoms with Crippen LogP contribution in [0, 0.1) is 0 Å². The lowest BCUT2D eigenvalue weighted by atomic mass is 10.0. The molecule has 1 aliphatic rings. The molecule has 1 amide bonds. The van der Waals surface area contributed by atoms with E-state index in [1.54, 1.807) is 4.90 Å². The lowest BCUT2D eigenvalue weighted by molar-refractivity contribution is -0.0264. The number of amides is 1. The molecule has 18 heavy (non-hydrogen) atoms. The molecule has 0 unspecified atom stereocenters. The number of aliphatic hydroxyl groups is 1. The zero-order valence-corrected chi connectivity index (χ0v) is 12.5. The summed E-state index contributed by atoms with van der Waals surface area (Å²) in [6, 6.07) is -0.125. The van der Waals surface area contributed by atoms with E-state index in [1.807, 2.05) is 41.5 Å². The highest BCUT2D eigenvalue weighted by Gasteiger charge is 2.41. The highest BCUT2D eigenvalue weighted by molar-refractivity contribution is 5.69. The number of aliphatic hydroxyl groups excluding tert-OH is 1. The summed E-state index contributed by atoms with van der Waals surface area (Å²) in [4.78, 5) is 14.0. The summed E-state index contributed by atoms with van der Waals surface area (Å²) in [6.07, 6.45) is 1.80. The Balaban J connectivity index is 2.89. The normalized spacial score (nSPS) is 25.1. The van der Waals surface area contributed by atoms with Gasteiger partial charge in [-0.2, -0.15) is 0 Å². The van der Waals surface area contributed by atoms with Gasteiger partial charge in [0.1, 0.15) is 5.60 Å². The molecule has 0 saturated heterocycles. The minimum Gasteiger partial charge on any atom is -0.444 e. The van der Waals surface area contributed by atoms with Crippen LogP contribution < -0.4 is 0 Å². The molecular formula is C14H27NO3. The number of hydrogen-bond acceptors (Lipinski definition) is 3. The minimum atomic E-state index is -0.510. The van der Waals surface area contributed by atoms with E-state index in [9.17, 15) is 9.90 Å². The fourth-order valence-electron chi connectivity index (χ4n) is 2.44. The molecule has 1 aliphatic carbocycles. The van der Waals surface area contributed by atoms with Crippen LogP contribution in [0.2, 0.25) is 0 Å². The second kappa shape index (κ2) is 5.08. The fraction of sp³-hybridized carbons (Fsp3) is 0.929. The molecule has 1 saturated carbocycles. The van der Waals surface area contributed by atoms with E-state index < -0.39 is 11.7 Å². The van der Waals surface area contributed by atoms with Gasteiger partial charge in [-0.3, -0.25) is 4.90 Å². The summed E-state index contributed by atoms with van der Waals surface area (Å²) in [5.74, 6) is 0. The molecule has 1 fully saturated rings. The van der Waals surface area contributed by atoms with Gasteiger partial charge in [-0.15, -0.1) is 0 Å². The quantitative estimate of drug-likeness (QED) is 0.785. The number of hydrogen-bond donors (Lipinski definition) is 1. The highest BCUT2D eigenvalue weighted by Crippen LogP contribution is 2.31. The van der Waals surface area contributed by atoms with Crippen molar-refractivity contribution in [2.45, 2.75) is 84.1 Å². The average Bonchev–Trinajstić information content (AvgIpc) is 2.46. The van der Waals surface area contributed by atoms with Crippen molar-refractivity contribution in [3.05, 3.63) is 0 Å². The molecule has 0 aromatic rings. The van der Waals surface area contributed by atoms with Crippen LogP contribution in [0.15, 0.2) is 0 Å². The van der Waals surface area contributed by atoms with Crippen molar-refractivity contribution in [1.82, 2.24) is 4.90 Å². The lowest BCUT2D eigenvalue weighted by Crippen LogP contribution is -2.55. The van der Waals surface area contributed by atoms with Gasteiger partial charge < -0.3 is 9.84 Å². The number of ether oxygens (including phenoxy) is 1. The summed E-state index contributed by atoms with van der Waals surface area (Å²) in [6.45, 7) is 11.5. The molecule has 106 valence electrons. The molecule has 2 atom stereocenters. The molecule has 4 heteroatoms. The van der Waals surface area contributed by atoms with Crippen LogP contribution in [0.25, 0.3) is 0 Å². The van der Waals surface area contributed by atoms with E-state index in [4.69, 9.17) is 4.74 Å². The van der Waals surface area contributed by atoms with Crippen molar-refractivity contribution in [1.29, 1.82) is 0 Å². The van der Waals surface area contributed by atoms with Gasteiger partial charge in [-0.25, -0.2) is 4.79 Å². The van der Waals surface area contributed by atoms with E-state index in [0.29, 0.717) is 0 Å². The maximum absolute atomic E-state index is 12.3. The van der Waals surface area contributed by atoms with Gasteiger partial charge in [0.15, 0.2) is 0 Å². The second-order valence-corrected chi connectivity index (χ2v) is 7.09. The monoisotopic (exact) mass is 257 g/mol. The molecule has 0 aromatic carbocycles. The first-order valence-corrected chi connectivity index (χ1v) is 6.73. The third-order valence-corrected chi connectivity index (χ3v) is 3.09. The highest BCUT2D eigenvalue weighted by atomic mass is 16.6. The summed E-state index contributed by atoms with van der Waals surface area (Å²) >= 11 is 0. The van der Waals surface area contributed by atoms with Crippen LogP contribution >= 0.6 is 0 Å². The summed E-state index contributed by atoms with van der Waals surface area (Å²) < 4.78 is 5.46. The van der Waals surface area contributed by atoms with Gasteiger partial charge in [-0.05, 0) is 60.8 Å². The molecule has 0 aliphatic heterocycles. The minimum absolute atomic E-state index is 0.125. The van der Waals surface area contributed by atoms with Gasteiger partial charge in [0.05, 0.1) is 12.1 Å². The van der Waals surface area contributed by atoms with Crippen LogP contribution in [0.3, 0.4) is 0 Å². The van der Waals surface area contributed by atoms with Crippen LogP contribution in [-0.4, -0.2) is 39.4 Å². The number of nitrogens with zero attached hydrogens (tertiary/aromatic N) is 1. The Bertz CT molecular complexity index is 301. The number of carbonyl (C=O) groups excluding carboxylic acids is 1. The lowest BCUT2D eigenvalue weighted by Gasteiger charge is -2.41. The van der Waals surface area contributed by atoms with Crippen LogP contribution in [0.1, 0.15) is 60.8 Å². The maximum atomic E-state index is 12.3. The summed E-state index contributed by atoms with van der Waals surface area (Å²) in [5.41, 5.74) is -0.859. The Labute approximate surface area is 110 Å². The van der Waals surface area contributed by atoms with Gasteiger partial charge in [-0.1, -0.05) is 0 Å². The third kappa shape index (κ3) is 3.87. The molecular weight excluding hydrogens is 230 g/mol. The van der Waals surface area contributed by atoms with Crippen molar-refractivity contribution in [2.24, 2.45) is 0 Å². The smallest absolute Gasteiger partial charge is 0.411 e. The first-order valence-electron chi connectivity index (χ1n) is 6.73. The van der Waals surface area contributed by atoms with Crippen molar-refractivity contribution < 1.29 is 14.6 Å². The molecule has 0 radical (unpaired) electrons. The molecule has 4 nitrogen and oxygen atoms in total. The van der Waals surface area contributed by atoms with Gasteiger partial charge >= 0.3 is 6.09 Å². The summed E-state index contributed by atoms with van der Waals surface area (Å²) in [5, 5.41) is 10.0. The topological polar surface area (TPSA) is 49.8 Å². The number of rotatable bonds is 1. The van der Waals surface area contributed by atoms with E-state index in [0.717, 1.165) is 19.3 Å². The van der Waals surface area contributed by atoms with Crippen molar-refractivity contribution in [3.63, 3.8) is 0 Å². The molecule has 0 aromatic heterocycles. The number of carbonyl (C=O) groups is 1. The molecule has 0 spiro atoms. The standard InChI is InChI=1S/C14H27NO3/c1-13(2,3)15(10-8-7-9-11(10)16)12(17)18-14(4,5)6/h10-11,16H,7-9H2,1-6H3/t10-,11-/m1/s1. The van der Waals surface area contributed by atoms with E-state index in [2.05, 4.69) is 0 Å². The van der Waals surface area contributed by atoms with Crippen LogP contribution in [0.5, 0.6) is 0 Å². The van der Waals surface area contributed by atoms with Gasteiger partial charge in [0.2, 0.25) is 0 Å². The van der Waals surface area contributed by atoms with Gasteiger partial charge in [0.25, 0.3) is 0 Å². The predicted molar refractivity (Wildman–Crippen MR) is 71.5 cm³/mol. The Morgan fingerprint density at radius 3 is 2.06 bits per heavy atom.